The second-order valence-electron chi connectivity index (χ2n) is 7.14. The predicted molar refractivity (Wildman–Crippen MR) is 133 cm³/mol. The average molecular weight is 429 g/mol. The first-order valence-corrected chi connectivity index (χ1v) is 10.5. The molecule has 0 unspecified atom stereocenters. The molecule has 3 heteroatoms. The molecule has 0 aliphatic heterocycles. The lowest BCUT2D eigenvalue weighted by Gasteiger charge is -2.38. The average Bonchev–Trinajstić information content (AvgIpc) is 2.84. The lowest BCUT2D eigenvalue weighted by Crippen LogP contribution is -2.37. The molecule has 0 saturated carbocycles. The van der Waals surface area contributed by atoms with Crippen LogP contribution >= 0.6 is 0 Å². The summed E-state index contributed by atoms with van der Waals surface area (Å²) in [6.07, 6.45) is 9.70. The van der Waals surface area contributed by atoms with Crippen LogP contribution in [0.5, 0.6) is 0 Å². The maximum absolute atomic E-state index is 10.6. The first-order chi connectivity index (χ1) is 15.6. The summed E-state index contributed by atoms with van der Waals surface area (Å²) in [5, 5.41) is 10.6. The summed E-state index contributed by atoms with van der Waals surface area (Å²) in [6.45, 7) is 16.2. The van der Waals surface area contributed by atoms with Gasteiger partial charge < -0.3 is 14.6 Å². The van der Waals surface area contributed by atoms with E-state index >= 15 is 0 Å². The second-order valence-corrected chi connectivity index (χ2v) is 7.14. The van der Waals surface area contributed by atoms with Gasteiger partial charge in [-0.25, -0.2) is 0 Å². The SMILES string of the molecule is C=C/C=C(\C=C)C(OC[C@H](O)COCc1ccccc1)(/C(C=C)=C/C=C)c1ccccc1. The highest BCUT2D eigenvalue weighted by Gasteiger charge is 2.39. The lowest BCUT2D eigenvalue weighted by molar-refractivity contribution is -0.0667. The third-order valence-corrected chi connectivity index (χ3v) is 4.94. The van der Waals surface area contributed by atoms with Crippen LogP contribution in [0.4, 0.5) is 0 Å². The maximum Gasteiger partial charge on any atom is 0.143 e. The Hall–Kier alpha value is -3.24. The number of aliphatic hydroxyl groups is 1. The monoisotopic (exact) mass is 428 g/mol. The van der Waals surface area contributed by atoms with Gasteiger partial charge in [-0.1, -0.05) is 123 Å². The Morgan fingerprint density at radius 1 is 0.812 bits per heavy atom. The van der Waals surface area contributed by atoms with Crippen molar-refractivity contribution in [1.29, 1.82) is 0 Å². The van der Waals surface area contributed by atoms with Gasteiger partial charge >= 0.3 is 0 Å². The van der Waals surface area contributed by atoms with Crippen LogP contribution in [0.3, 0.4) is 0 Å². The van der Waals surface area contributed by atoms with Crippen molar-refractivity contribution in [2.24, 2.45) is 0 Å². The first kappa shape index (κ1) is 25.0. The molecule has 0 aliphatic rings. The van der Waals surface area contributed by atoms with Crippen LogP contribution in [-0.4, -0.2) is 24.4 Å². The van der Waals surface area contributed by atoms with E-state index in [1.807, 2.05) is 72.8 Å². The molecule has 0 radical (unpaired) electrons. The number of benzene rings is 2. The van der Waals surface area contributed by atoms with Crippen molar-refractivity contribution in [3.05, 3.63) is 146 Å². The molecular formula is C29H32O3. The van der Waals surface area contributed by atoms with Gasteiger partial charge in [0.1, 0.15) is 11.7 Å². The smallest absolute Gasteiger partial charge is 0.143 e. The highest BCUT2D eigenvalue weighted by molar-refractivity contribution is 5.52. The fourth-order valence-electron chi connectivity index (χ4n) is 3.49. The Kier molecular flexibility index (Phi) is 10.3. The van der Waals surface area contributed by atoms with Crippen LogP contribution in [-0.2, 0) is 21.7 Å². The summed E-state index contributed by atoms with van der Waals surface area (Å²) in [5.74, 6) is 0. The molecule has 2 aromatic carbocycles. The number of hydrogen-bond acceptors (Lipinski definition) is 3. The minimum absolute atomic E-state index is 0.0360. The van der Waals surface area contributed by atoms with E-state index in [9.17, 15) is 5.11 Å². The Morgan fingerprint density at radius 2 is 1.34 bits per heavy atom. The van der Waals surface area contributed by atoms with Crippen LogP contribution in [0.2, 0.25) is 0 Å². The van der Waals surface area contributed by atoms with Crippen molar-refractivity contribution in [2.45, 2.75) is 18.3 Å². The third kappa shape index (κ3) is 6.38. The van der Waals surface area contributed by atoms with Crippen LogP contribution in [0.25, 0.3) is 0 Å². The highest BCUT2D eigenvalue weighted by atomic mass is 16.5. The van der Waals surface area contributed by atoms with Crippen LogP contribution in [0.1, 0.15) is 11.1 Å². The van der Waals surface area contributed by atoms with Crippen molar-refractivity contribution in [1.82, 2.24) is 0 Å². The van der Waals surface area contributed by atoms with Crippen molar-refractivity contribution >= 4 is 0 Å². The summed E-state index contributed by atoms with van der Waals surface area (Å²) in [5.41, 5.74) is 2.41. The fourth-order valence-corrected chi connectivity index (χ4v) is 3.49. The number of rotatable bonds is 14. The Bertz CT molecular complexity index is 909. The predicted octanol–water partition coefficient (Wildman–Crippen LogP) is 6.07. The molecule has 0 amide bonds. The van der Waals surface area contributed by atoms with Gasteiger partial charge in [-0.3, -0.25) is 0 Å². The molecule has 166 valence electrons. The molecule has 0 heterocycles. The topological polar surface area (TPSA) is 38.7 Å². The molecule has 0 fully saturated rings. The minimum atomic E-state index is -1.05. The molecule has 0 saturated heterocycles. The number of hydrogen-bond donors (Lipinski definition) is 1. The molecule has 0 aromatic heterocycles. The van der Waals surface area contributed by atoms with E-state index in [4.69, 9.17) is 9.47 Å². The van der Waals surface area contributed by atoms with Gasteiger partial charge in [-0.2, -0.15) is 0 Å². The third-order valence-electron chi connectivity index (χ3n) is 4.94. The molecule has 32 heavy (non-hydrogen) atoms. The fraction of sp³-hybridized carbons (Fsp3) is 0.172. The maximum atomic E-state index is 10.6. The van der Waals surface area contributed by atoms with Crippen LogP contribution in [0.15, 0.2) is 135 Å². The Morgan fingerprint density at radius 3 is 1.84 bits per heavy atom. The van der Waals surface area contributed by atoms with Gasteiger partial charge in [0.05, 0.1) is 19.8 Å². The lowest BCUT2D eigenvalue weighted by atomic mass is 9.78. The minimum Gasteiger partial charge on any atom is -0.388 e. The van der Waals surface area contributed by atoms with E-state index in [-0.39, 0.29) is 13.2 Å². The number of aliphatic hydroxyl groups excluding tert-OH is 1. The molecule has 1 N–H and O–H groups in total. The van der Waals surface area contributed by atoms with E-state index in [1.165, 1.54) is 0 Å². The van der Waals surface area contributed by atoms with E-state index in [0.717, 1.165) is 22.3 Å². The standard InChI is InChI=1S/C29H32O3/c1-5-15-25(7-3)29(26(8-4)16-6-2,27-19-13-10-14-20-27)32-23-28(30)22-31-21-24-17-11-9-12-18-24/h5-20,28,30H,1-4,21-23H2/b25-15+,26-16+/t28-/m1/s1. The summed E-state index contributed by atoms with van der Waals surface area (Å²) in [7, 11) is 0. The van der Waals surface area contributed by atoms with E-state index < -0.39 is 11.7 Å². The first-order valence-electron chi connectivity index (χ1n) is 10.5. The normalized spacial score (nSPS) is 14.8. The quantitative estimate of drug-likeness (QED) is 0.371. The van der Waals surface area contributed by atoms with Crippen molar-refractivity contribution < 1.29 is 14.6 Å². The van der Waals surface area contributed by atoms with Gasteiger partial charge in [0.25, 0.3) is 0 Å². The molecule has 0 bridgehead atoms. The number of allylic oxidation sites excluding steroid dienone is 4. The zero-order chi connectivity index (χ0) is 23.2. The van der Waals surface area contributed by atoms with Crippen molar-refractivity contribution in [2.75, 3.05) is 13.2 Å². The van der Waals surface area contributed by atoms with Crippen molar-refractivity contribution in [3.63, 3.8) is 0 Å². The van der Waals surface area contributed by atoms with Gasteiger partial charge in [-0.15, -0.1) is 0 Å². The number of ether oxygens (including phenoxy) is 2. The summed E-state index contributed by atoms with van der Waals surface area (Å²) < 4.78 is 12.2. The zero-order valence-corrected chi connectivity index (χ0v) is 18.5. The second kappa shape index (κ2) is 13.2. The Balaban J connectivity index is 2.32. The zero-order valence-electron chi connectivity index (χ0n) is 18.5. The molecule has 0 spiro atoms. The highest BCUT2D eigenvalue weighted by Crippen LogP contribution is 2.42. The van der Waals surface area contributed by atoms with Gasteiger partial charge in [0.15, 0.2) is 0 Å². The van der Waals surface area contributed by atoms with E-state index in [2.05, 4.69) is 26.3 Å². The molecule has 3 nitrogen and oxygen atoms in total. The summed E-state index contributed by atoms with van der Waals surface area (Å²) in [6, 6.07) is 19.6. The molecule has 2 aromatic rings. The Labute approximate surface area is 192 Å². The molecule has 0 aliphatic carbocycles. The summed E-state index contributed by atoms with van der Waals surface area (Å²) in [4.78, 5) is 0. The van der Waals surface area contributed by atoms with E-state index in [0.29, 0.717) is 6.61 Å². The van der Waals surface area contributed by atoms with Gasteiger partial charge in [-0.05, 0) is 22.3 Å². The molecule has 2 rings (SSSR count). The van der Waals surface area contributed by atoms with Gasteiger partial charge in [0, 0.05) is 0 Å². The molecule has 1 atom stereocenters. The van der Waals surface area contributed by atoms with Crippen LogP contribution in [0, 0.1) is 0 Å². The van der Waals surface area contributed by atoms with Crippen molar-refractivity contribution in [3.8, 4) is 0 Å². The summed E-state index contributed by atoms with van der Waals surface area (Å²) >= 11 is 0. The van der Waals surface area contributed by atoms with Gasteiger partial charge in [0.2, 0.25) is 0 Å². The largest absolute Gasteiger partial charge is 0.388 e. The molecular weight excluding hydrogens is 396 g/mol. The van der Waals surface area contributed by atoms with E-state index in [1.54, 1.807) is 24.3 Å². The van der Waals surface area contributed by atoms with Crippen LogP contribution < -0.4 is 0 Å².